The van der Waals surface area contributed by atoms with Gasteiger partial charge in [-0.3, -0.25) is 19.7 Å². The molecule has 9 heteroatoms. The van der Waals surface area contributed by atoms with E-state index in [-0.39, 0.29) is 28.2 Å². The van der Waals surface area contributed by atoms with Gasteiger partial charge in [-0.15, -0.1) is 0 Å². The van der Waals surface area contributed by atoms with Crippen LogP contribution in [0.1, 0.15) is 24.2 Å². The monoisotopic (exact) mass is 333 g/mol. The van der Waals surface area contributed by atoms with E-state index >= 15 is 0 Å². The molecule has 0 unspecified atom stereocenters. The van der Waals surface area contributed by atoms with Crippen LogP contribution in [-0.4, -0.2) is 34.2 Å². The minimum atomic E-state index is -0.737. The highest BCUT2D eigenvalue weighted by molar-refractivity contribution is 6.43. The van der Waals surface area contributed by atoms with Crippen molar-refractivity contribution in [3.63, 3.8) is 0 Å². The zero-order chi connectivity index (χ0) is 16.3. The first-order chi connectivity index (χ1) is 9.65. The Balaban J connectivity index is 3.28. The first kappa shape index (κ1) is 17.2. The molecule has 2 N–H and O–H groups in total. The van der Waals surface area contributed by atoms with Crippen LogP contribution in [0.25, 0.3) is 0 Å². The van der Waals surface area contributed by atoms with Crippen molar-refractivity contribution in [2.45, 2.75) is 19.9 Å². The van der Waals surface area contributed by atoms with E-state index in [0.717, 1.165) is 6.07 Å². The predicted molar refractivity (Wildman–Crippen MR) is 78.5 cm³/mol. The Kier molecular flexibility index (Phi) is 5.51. The fourth-order valence-corrected chi connectivity index (χ4v) is 2.05. The number of benzene rings is 1. The van der Waals surface area contributed by atoms with E-state index < -0.39 is 22.4 Å². The summed E-state index contributed by atoms with van der Waals surface area (Å²) in [6.07, 6.45) is 0. The number of hydrogen-bond acceptors (Lipinski definition) is 4. The Morgan fingerprint density at radius 1 is 1.38 bits per heavy atom. The van der Waals surface area contributed by atoms with Crippen molar-refractivity contribution in [2.24, 2.45) is 5.73 Å². The topological polar surface area (TPSA) is 107 Å². The van der Waals surface area contributed by atoms with Crippen LogP contribution in [0, 0.1) is 10.1 Å². The number of nitro benzene ring substituents is 1. The average Bonchev–Trinajstić information content (AvgIpc) is 2.37. The van der Waals surface area contributed by atoms with Gasteiger partial charge in [-0.05, 0) is 19.9 Å². The summed E-state index contributed by atoms with van der Waals surface area (Å²) < 4.78 is 0. The van der Waals surface area contributed by atoms with Crippen LogP contribution in [0.4, 0.5) is 5.69 Å². The standard InChI is InChI=1S/C12H13Cl2N3O4/c1-6(2)16(5-10(15)18)12(19)7-3-8(13)11(14)9(4-7)17(20)21/h3-4,6H,5H2,1-2H3,(H2,15,18). The third-order valence-corrected chi connectivity index (χ3v) is 3.46. The lowest BCUT2D eigenvalue weighted by Gasteiger charge is -2.25. The Hall–Kier alpha value is -1.86. The Morgan fingerprint density at radius 3 is 2.38 bits per heavy atom. The normalized spacial score (nSPS) is 10.5. The van der Waals surface area contributed by atoms with E-state index in [9.17, 15) is 19.7 Å². The van der Waals surface area contributed by atoms with Gasteiger partial charge in [0, 0.05) is 17.7 Å². The van der Waals surface area contributed by atoms with E-state index in [0.29, 0.717) is 0 Å². The maximum atomic E-state index is 12.4. The molecular formula is C12H13Cl2N3O4. The highest BCUT2D eigenvalue weighted by atomic mass is 35.5. The smallest absolute Gasteiger partial charge is 0.290 e. The number of primary amides is 1. The molecule has 0 aliphatic heterocycles. The summed E-state index contributed by atoms with van der Waals surface area (Å²) in [4.78, 5) is 34.7. The zero-order valence-corrected chi connectivity index (χ0v) is 12.8. The number of carbonyl (C=O) groups excluding carboxylic acids is 2. The Bertz CT molecular complexity index is 604. The van der Waals surface area contributed by atoms with Gasteiger partial charge >= 0.3 is 0 Å². The van der Waals surface area contributed by atoms with Crippen molar-refractivity contribution in [1.82, 2.24) is 4.90 Å². The molecule has 0 spiro atoms. The second-order valence-corrected chi connectivity index (χ2v) is 5.33. The van der Waals surface area contributed by atoms with E-state index in [4.69, 9.17) is 28.9 Å². The van der Waals surface area contributed by atoms with Gasteiger partial charge in [-0.1, -0.05) is 23.2 Å². The van der Waals surface area contributed by atoms with Crippen LogP contribution in [0.3, 0.4) is 0 Å². The number of nitrogens with zero attached hydrogens (tertiary/aromatic N) is 2. The summed E-state index contributed by atoms with van der Waals surface area (Å²) in [5.41, 5.74) is 4.58. The summed E-state index contributed by atoms with van der Waals surface area (Å²) in [7, 11) is 0. The Labute approximate surface area is 130 Å². The molecule has 0 atom stereocenters. The molecule has 2 amide bonds. The van der Waals surface area contributed by atoms with Crippen molar-refractivity contribution >= 4 is 40.7 Å². The summed E-state index contributed by atoms with van der Waals surface area (Å²) in [6.45, 7) is 3.07. The van der Waals surface area contributed by atoms with Gasteiger partial charge in [0.2, 0.25) is 5.91 Å². The molecule has 21 heavy (non-hydrogen) atoms. The fourth-order valence-electron chi connectivity index (χ4n) is 1.65. The van der Waals surface area contributed by atoms with E-state index in [1.165, 1.54) is 11.0 Å². The molecule has 1 aromatic carbocycles. The molecule has 0 fully saturated rings. The summed E-state index contributed by atoms with van der Waals surface area (Å²) in [6, 6.07) is 1.92. The fraction of sp³-hybridized carbons (Fsp3) is 0.333. The molecule has 7 nitrogen and oxygen atoms in total. The van der Waals surface area contributed by atoms with Gasteiger partial charge in [0.1, 0.15) is 5.02 Å². The quantitative estimate of drug-likeness (QED) is 0.658. The highest BCUT2D eigenvalue weighted by Gasteiger charge is 2.25. The third-order valence-electron chi connectivity index (χ3n) is 2.66. The van der Waals surface area contributed by atoms with Crippen LogP contribution in [-0.2, 0) is 4.79 Å². The van der Waals surface area contributed by atoms with E-state index in [1.54, 1.807) is 13.8 Å². The van der Waals surface area contributed by atoms with E-state index in [2.05, 4.69) is 0 Å². The van der Waals surface area contributed by atoms with Crippen molar-refractivity contribution < 1.29 is 14.5 Å². The number of hydrogen-bond donors (Lipinski definition) is 1. The van der Waals surface area contributed by atoms with Crippen LogP contribution in [0.5, 0.6) is 0 Å². The van der Waals surface area contributed by atoms with Gasteiger partial charge in [0.25, 0.3) is 11.6 Å². The predicted octanol–water partition coefficient (Wildman–Crippen LogP) is 2.24. The maximum Gasteiger partial charge on any atom is 0.290 e. The zero-order valence-electron chi connectivity index (χ0n) is 11.3. The second-order valence-electron chi connectivity index (χ2n) is 4.54. The average molecular weight is 334 g/mol. The van der Waals surface area contributed by atoms with E-state index in [1.807, 2.05) is 0 Å². The third kappa shape index (κ3) is 4.05. The Morgan fingerprint density at radius 2 is 1.95 bits per heavy atom. The molecule has 0 bridgehead atoms. The SMILES string of the molecule is CC(C)N(CC(N)=O)C(=O)c1cc(Cl)c(Cl)c([N+](=O)[O-])c1. The molecule has 0 heterocycles. The highest BCUT2D eigenvalue weighted by Crippen LogP contribution is 2.33. The number of nitrogens with two attached hydrogens (primary N) is 1. The molecule has 0 saturated carbocycles. The van der Waals surface area contributed by atoms with Gasteiger partial charge in [0.15, 0.2) is 0 Å². The van der Waals surface area contributed by atoms with Gasteiger partial charge < -0.3 is 10.6 Å². The molecule has 0 radical (unpaired) electrons. The molecule has 0 aliphatic rings. The molecule has 1 rings (SSSR count). The number of amides is 2. The van der Waals surface area contributed by atoms with Crippen molar-refractivity contribution in [3.8, 4) is 0 Å². The summed E-state index contributed by atoms with van der Waals surface area (Å²) >= 11 is 11.5. The number of rotatable bonds is 5. The second kappa shape index (κ2) is 6.73. The van der Waals surface area contributed by atoms with Crippen molar-refractivity contribution in [1.29, 1.82) is 0 Å². The first-order valence-electron chi connectivity index (χ1n) is 5.87. The van der Waals surface area contributed by atoms with Crippen LogP contribution in [0.15, 0.2) is 12.1 Å². The van der Waals surface area contributed by atoms with Crippen molar-refractivity contribution in [2.75, 3.05) is 6.54 Å². The van der Waals surface area contributed by atoms with Gasteiger partial charge in [-0.25, -0.2) is 0 Å². The maximum absolute atomic E-state index is 12.4. The van der Waals surface area contributed by atoms with Crippen molar-refractivity contribution in [3.05, 3.63) is 37.9 Å². The summed E-state index contributed by atoms with van der Waals surface area (Å²) in [5, 5.41) is 10.5. The lowest BCUT2D eigenvalue weighted by molar-refractivity contribution is -0.384. The molecule has 0 aromatic heterocycles. The number of nitro groups is 1. The van der Waals surface area contributed by atoms with Crippen LogP contribution < -0.4 is 5.73 Å². The van der Waals surface area contributed by atoms with Crippen LogP contribution >= 0.6 is 23.2 Å². The number of carbonyl (C=O) groups is 2. The van der Waals surface area contributed by atoms with Crippen LogP contribution in [0.2, 0.25) is 10.0 Å². The van der Waals surface area contributed by atoms with Gasteiger partial charge in [0.05, 0.1) is 16.5 Å². The summed E-state index contributed by atoms with van der Waals surface area (Å²) in [5.74, 6) is -1.28. The molecular weight excluding hydrogens is 321 g/mol. The lowest BCUT2D eigenvalue weighted by atomic mass is 10.1. The first-order valence-corrected chi connectivity index (χ1v) is 6.63. The van der Waals surface area contributed by atoms with Gasteiger partial charge in [-0.2, -0.15) is 0 Å². The molecule has 0 aliphatic carbocycles. The minimum absolute atomic E-state index is 0.0361. The lowest BCUT2D eigenvalue weighted by Crippen LogP contribution is -2.42. The number of halogens is 2. The minimum Gasteiger partial charge on any atom is -0.368 e. The molecule has 114 valence electrons. The molecule has 1 aromatic rings. The largest absolute Gasteiger partial charge is 0.368 e. The molecule has 0 saturated heterocycles.